The fourth-order valence-corrected chi connectivity index (χ4v) is 3.46. The molecule has 0 aliphatic heterocycles. The van der Waals surface area contributed by atoms with Crippen LogP contribution in [-0.4, -0.2) is 79.5 Å². The van der Waals surface area contributed by atoms with Crippen LogP contribution in [0, 0.1) is 0 Å². The van der Waals surface area contributed by atoms with Crippen molar-refractivity contribution in [2.24, 2.45) is 0 Å². The molecule has 0 bridgehead atoms. The molecule has 0 radical (unpaired) electrons. The number of ether oxygens (including phenoxy) is 5. The molecule has 0 rings (SSSR count). The Kier molecular flexibility index (Phi) is 15.8. The molecule has 0 fully saturated rings. The maximum atomic E-state index is 5.83. The van der Waals surface area contributed by atoms with Gasteiger partial charge in [-0.15, -0.1) is 0 Å². The molecule has 0 spiro atoms. The minimum atomic E-state index is -1.47. The third-order valence-corrected chi connectivity index (χ3v) is 6.94. The summed E-state index contributed by atoms with van der Waals surface area (Å²) in [4.78, 5) is 0. The van der Waals surface area contributed by atoms with Crippen molar-refractivity contribution < 1.29 is 28.1 Å². The van der Waals surface area contributed by atoms with E-state index in [1.54, 1.807) is 7.11 Å². The molecule has 0 saturated heterocycles. The van der Waals surface area contributed by atoms with E-state index in [1.165, 1.54) is 0 Å². The summed E-state index contributed by atoms with van der Waals surface area (Å²) in [6.07, 6.45) is 1.26. The largest absolute Gasteiger partial charge is 0.420 e. The summed E-state index contributed by atoms with van der Waals surface area (Å²) in [6.45, 7) is 18.3. The van der Waals surface area contributed by atoms with E-state index >= 15 is 0 Å². The third-order valence-electron chi connectivity index (χ3n) is 4.28. The Morgan fingerprint density at radius 3 is 1.59 bits per heavy atom. The highest BCUT2D eigenvalue weighted by Gasteiger charge is 2.19. The molecule has 0 heterocycles. The molecular weight excluding hydrogens is 364 g/mol. The van der Waals surface area contributed by atoms with Crippen molar-refractivity contribution in [3.8, 4) is 0 Å². The molecule has 27 heavy (non-hydrogen) atoms. The summed E-state index contributed by atoms with van der Waals surface area (Å²) in [6, 6.07) is 1.12. The Bertz CT molecular complexity index is 342. The van der Waals surface area contributed by atoms with Crippen molar-refractivity contribution in [1.82, 2.24) is 0 Å². The normalized spacial score (nSPS) is 16.9. The Labute approximate surface area is 168 Å². The molecule has 7 heteroatoms. The van der Waals surface area contributed by atoms with E-state index in [2.05, 4.69) is 13.1 Å². The zero-order chi connectivity index (χ0) is 20.7. The zero-order valence-corrected chi connectivity index (χ0v) is 19.9. The van der Waals surface area contributed by atoms with Gasteiger partial charge in [0.1, 0.15) is 0 Å². The van der Waals surface area contributed by atoms with Crippen LogP contribution in [-0.2, 0) is 28.1 Å². The predicted molar refractivity (Wildman–Crippen MR) is 112 cm³/mol. The van der Waals surface area contributed by atoms with Crippen molar-refractivity contribution >= 4 is 8.32 Å². The van der Waals surface area contributed by atoms with Gasteiger partial charge in [-0.1, -0.05) is 0 Å². The van der Waals surface area contributed by atoms with Crippen molar-refractivity contribution in [3.05, 3.63) is 0 Å². The lowest BCUT2D eigenvalue weighted by Gasteiger charge is -2.22. The Morgan fingerprint density at radius 2 is 1.15 bits per heavy atom. The second-order valence-electron chi connectivity index (χ2n) is 7.84. The number of hydrogen-bond acceptors (Lipinski definition) is 6. The predicted octanol–water partition coefficient (Wildman–Crippen LogP) is 3.88. The molecule has 0 aliphatic rings. The van der Waals surface area contributed by atoms with E-state index in [9.17, 15) is 0 Å². The van der Waals surface area contributed by atoms with Gasteiger partial charge in [0, 0.05) is 20.3 Å². The third kappa shape index (κ3) is 16.6. The molecule has 164 valence electrons. The van der Waals surface area contributed by atoms with Gasteiger partial charge in [-0.25, -0.2) is 0 Å². The molecule has 0 saturated carbocycles. The molecule has 0 N–H and O–H groups in total. The first kappa shape index (κ1) is 27.0. The van der Waals surface area contributed by atoms with Crippen LogP contribution in [0.4, 0.5) is 0 Å². The average Bonchev–Trinajstić information content (AvgIpc) is 2.64. The van der Waals surface area contributed by atoms with E-state index in [0.717, 1.165) is 19.1 Å². The summed E-state index contributed by atoms with van der Waals surface area (Å²) >= 11 is 0. The minimum Gasteiger partial charge on any atom is -0.420 e. The Morgan fingerprint density at radius 1 is 0.704 bits per heavy atom. The Hall–Kier alpha value is -0.0231. The quantitative estimate of drug-likeness (QED) is 0.253. The molecule has 0 amide bonds. The maximum absolute atomic E-state index is 5.83. The van der Waals surface area contributed by atoms with Gasteiger partial charge in [-0.3, -0.25) is 0 Å². The van der Waals surface area contributed by atoms with Crippen LogP contribution in [0.2, 0.25) is 19.1 Å². The highest BCUT2D eigenvalue weighted by Crippen LogP contribution is 2.12. The summed E-state index contributed by atoms with van der Waals surface area (Å²) in [5.74, 6) is 0. The van der Waals surface area contributed by atoms with Crippen LogP contribution < -0.4 is 0 Å². The molecule has 0 aliphatic carbocycles. The van der Waals surface area contributed by atoms with Crippen LogP contribution in [0.1, 0.15) is 41.0 Å². The highest BCUT2D eigenvalue weighted by molar-refractivity contribution is 6.71. The van der Waals surface area contributed by atoms with Gasteiger partial charge in [0.2, 0.25) is 0 Å². The topological polar surface area (TPSA) is 55.4 Å². The van der Waals surface area contributed by atoms with Crippen molar-refractivity contribution in [2.45, 2.75) is 84.6 Å². The van der Waals surface area contributed by atoms with Crippen LogP contribution in [0.3, 0.4) is 0 Å². The van der Waals surface area contributed by atoms with Gasteiger partial charge in [0.15, 0.2) is 8.32 Å². The van der Waals surface area contributed by atoms with Crippen LogP contribution in [0.15, 0.2) is 0 Å². The van der Waals surface area contributed by atoms with Crippen molar-refractivity contribution in [3.63, 3.8) is 0 Å². The first-order valence-corrected chi connectivity index (χ1v) is 13.4. The second kappa shape index (κ2) is 15.8. The van der Waals surface area contributed by atoms with Crippen LogP contribution >= 0.6 is 0 Å². The molecule has 4 atom stereocenters. The molecular formula is C20H44O6Si. The highest BCUT2D eigenvalue weighted by atomic mass is 28.4. The van der Waals surface area contributed by atoms with E-state index in [-0.39, 0.29) is 24.4 Å². The van der Waals surface area contributed by atoms with Crippen LogP contribution in [0.25, 0.3) is 0 Å². The summed E-state index contributed by atoms with van der Waals surface area (Å²) in [7, 11) is 0.334. The standard InChI is InChI=1S/C20H44O6Si/c1-9-22-13-17(2)24-15-19(4)26-16-20(5)25-14-18(3)23-11-10-12-27(7,8)21-6/h17-20H,9-16H2,1-8H3. The fraction of sp³-hybridized carbons (Fsp3) is 1.00. The number of hydrogen-bond donors (Lipinski definition) is 0. The lowest BCUT2D eigenvalue weighted by molar-refractivity contribution is -0.0916. The Balaban J connectivity index is 3.70. The van der Waals surface area contributed by atoms with E-state index < -0.39 is 8.32 Å². The van der Waals surface area contributed by atoms with E-state index in [1.807, 2.05) is 34.6 Å². The van der Waals surface area contributed by atoms with Gasteiger partial charge in [0.05, 0.1) is 50.8 Å². The lowest BCUT2D eigenvalue weighted by atomic mass is 10.3. The zero-order valence-electron chi connectivity index (χ0n) is 18.9. The molecule has 0 aromatic carbocycles. The smallest absolute Gasteiger partial charge is 0.186 e. The first-order chi connectivity index (χ1) is 12.7. The molecule has 6 nitrogen and oxygen atoms in total. The van der Waals surface area contributed by atoms with Crippen LogP contribution in [0.5, 0.6) is 0 Å². The fourth-order valence-electron chi connectivity index (χ4n) is 2.26. The van der Waals surface area contributed by atoms with Gasteiger partial charge < -0.3 is 28.1 Å². The summed E-state index contributed by atoms with van der Waals surface area (Å²) in [5.41, 5.74) is 0. The molecule has 0 aromatic rings. The molecule has 0 aromatic heterocycles. The average molecular weight is 409 g/mol. The molecule has 4 unspecified atom stereocenters. The van der Waals surface area contributed by atoms with Gasteiger partial charge in [0.25, 0.3) is 0 Å². The summed E-state index contributed by atoms with van der Waals surface area (Å²) in [5, 5.41) is 0. The lowest BCUT2D eigenvalue weighted by Crippen LogP contribution is -2.29. The van der Waals surface area contributed by atoms with Gasteiger partial charge in [-0.2, -0.15) is 0 Å². The summed E-state index contributed by atoms with van der Waals surface area (Å²) < 4.78 is 34.0. The maximum Gasteiger partial charge on any atom is 0.186 e. The number of rotatable bonds is 18. The van der Waals surface area contributed by atoms with Crippen molar-refractivity contribution in [1.29, 1.82) is 0 Å². The van der Waals surface area contributed by atoms with E-state index in [4.69, 9.17) is 28.1 Å². The van der Waals surface area contributed by atoms with Gasteiger partial charge in [-0.05, 0) is 60.2 Å². The second-order valence-corrected chi connectivity index (χ2v) is 12.3. The first-order valence-electron chi connectivity index (χ1n) is 10.3. The SMILES string of the molecule is CCOCC(C)OCC(C)OCC(C)OCC(C)OCCC[Si](C)(C)OC. The monoisotopic (exact) mass is 408 g/mol. The van der Waals surface area contributed by atoms with Gasteiger partial charge >= 0.3 is 0 Å². The minimum absolute atomic E-state index is 0.0270. The van der Waals surface area contributed by atoms with Crippen molar-refractivity contribution in [2.75, 3.05) is 46.8 Å². The van der Waals surface area contributed by atoms with E-state index in [0.29, 0.717) is 33.0 Å².